The SMILES string of the molecule is CCn1nccc1C(=O)Nc1nc(-c2cc3cccc(OC)c3o2)cs1. The van der Waals surface area contributed by atoms with E-state index >= 15 is 0 Å². The first-order valence-corrected chi connectivity index (χ1v) is 8.93. The molecule has 8 heteroatoms. The number of nitrogens with one attached hydrogen (secondary N) is 1. The minimum Gasteiger partial charge on any atom is -0.493 e. The summed E-state index contributed by atoms with van der Waals surface area (Å²) >= 11 is 1.34. The van der Waals surface area contributed by atoms with Crippen molar-refractivity contribution >= 4 is 33.3 Å². The maximum atomic E-state index is 12.4. The largest absolute Gasteiger partial charge is 0.493 e. The van der Waals surface area contributed by atoms with Gasteiger partial charge < -0.3 is 9.15 Å². The van der Waals surface area contributed by atoms with Crippen molar-refractivity contribution in [2.75, 3.05) is 12.4 Å². The van der Waals surface area contributed by atoms with E-state index in [1.165, 1.54) is 11.3 Å². The molecule has 7 nitrogen and oxygen atoms in total. The molecule has 0 saturated carbocycles. The van der Waals surface area contributed by atoms with Crippen LogP contribution in [0, 0.1) is 0 Å². The number of fused-ring (bicyclic) bond motifs is 1. The number of furan rings is 1. The Hall–Kier alpha value is -3.13. The summed E-state index contributed by atoms with van der Waals surface area (Å²) in [4.78, 5) is 16.8. The Morgan fingerprint density at radius 2 is 2.27 bits per heavy atom. The smallest absolute Gasteiger partial charge is 0.275 e. The van der Waals surface area contributed by atoms with Crippen LogP contribution >= 0.6 is 11.3 Å². The molecule has 4 rings (SSSR count). The number of aryl methyl sites for hydroxylation is 1. The Kier molecular flexibility index (Phi) is 4.18. The Bertz CT molecular complexity index is 1080. The number of carbonyl (C=O) groups is 1. The van der Waals surface area contributed by atoms with Gasteiger partial charge in [0.25, 0.3) is 5.91 Å². The normalized spacial score (nSPS) is 11.0. The molecular weight excluding hydrogens is 352 g/mol. The van der Waals surface area contributed by atoms with E-state index in [4.69, 9.17) is 9.15 Å². The van der Waals surface area contributed by atoms with Gasteiger partial charge in [0.15, 0.2) is 22.2 Å². The molecule has 0 saturated heterocycles. The molecule has 3 aromatic heterocycles. The fraction of sp³-hybridized carbons (Fsp3) is 0.167. The highest BCUT2D eigenvalue weighted by Gasteiger charge is 2.16. The van der Waals surface area contributed by atoms with Gasteiger partial charge >= 0.3 is 0 Å². The third-order valence-corrected chi connectivity index (χ3v) is 4.71. The van der Waals surface area contributed by atoms with Crippen molar-refractivity contribution in [1.82, 2.24) is 14.8 Å². The number of aromatic nitrogens is 3. The number of methoxy groups -OCH3 is 1. The van der Waals surface area contributed by atoms with E-state index in [1.54, 1.807) is 24.1 Å². The van der Waals surface area contributed by atoms with Gasteiger partial charge in [0, 0.05) is 23.5 Å². The molecule has 3 heterocycles. The number of rotatable bonds is 5. The van der Waals surface area contributed by atoms with E-state index in [0.29, 0.717) is 40.2 Å². The molecule has 0 spiro atoms. The van der Waals surface area contributed by atoms with Crippen molar-refractivity contribution in [1.29, 1.82) is 0 Å². The molecule has 0 radical (unpaired) electrons. The van der Waals surface area contributed by atoms with Gasteiger partial charge in [-0.2, -0.15) is 5.10 Å². The van der Waals surface area contributed by atoms with E-state index in [2.05, 4.69) is 15.4 Å². The second-order valence-electron chi connectivity index (χ2n) is 5.51. The van der Waals surface area contributed by atoms with Gasteiger partial charge in [-0.05, 0) is 25.1 Å². The summed E-state index contributed by atoms with van der Waals surface area (Å²) in [6.45, 7) is 2.56. The van der Waals surface area contributed by atoms with Crippen LogP contribution in [-0.4, -0.2) is 27.8 Å². The van der Waals surface area contributed by atoms with Crippen molar-refractivity contribution < 1.29 is 13.9 Å². The molecule has 4 aromatic rings. The summed E-state index contributed by atoms with van der Waals surface area (Å²) in [7, 11) is 1.61. The quantitative estimate of drug-likeness (QED) is 0.575. The average molecular weight is 368 g/mol. The molecule has 1 N–H and O–H groups in total. The molecule has 0 bridgehead atoms. The van der Waals surface area contributed by atoms with Crippen LogP contribution in [0.5, 0.6) is 5.75 Å². The van der Waals surface area contributed by atoms with Crippen molar-refractivity contribution in [2.45, 2.75) is 13.5 Å². The van der Waals surface area contributed by atoms with Crippen LogP contribution in [-0.2, 0) is 6.54 Å². The minimum atomic E-state index is -0.239. The van der Waals surface area contributed by atoms with Crippen molar-refractivity contribution in [3.8, 4) is 17.2 Å². The lowest BCUT2D eigenvalue weighted by Gasteiger charge is -2.03. The predicted octanol–water partition coefficient (Wildman–Crippen LogP) is 4.03. The van der Waals surface area contributed by atoms with E-state index in [-0.39, 0.29) is 5.91 Å². The van der Waals surface area contributed by atoms with Gasteiger partial charge in [-0.25, -0.2) is 4.98 Å². The minimum absolute atomic E-state index is 0.239. The maximum Gasteiger partial charge on any atom is 0.275 e. The number of carbonyl (C=O) groups excluding carboxylic acids is 1. The average Bonchev–Trinajstić information content (AvgIpc) is 3.38. The standard InChI is InChI=1S/C18H16N4O3S/c1-3-22-13(7-8-19-22)17(23)21-18-20-12(10-26-18)15-9-11-5-4-6-14(24-2)16(11)25-15/h4-10H,3H2,1-2H3,(H,20,21,23). The van der Waals surface area contributed by atoms with E-state index < -0.39 is 0 Å². The molecule has 26 heavy (non-hydrogen) atoms. The number of thiazole rings is 1. The first-order valence-electron chi connectivity index (χ1n) is 8.05. The predicted molar refractivity (Wildman–Crippen MR) is 99.7 cm³/mol. The molecule has 0 fully saturated rings. The lowest BCUT2D eigenvalue weighted by Crippen LogP contribution is -2.17. The summed E-state index contributed by atoms with van der Waals surface area (Å²) < 4.78 is 12.9. The zero-order valence-electron chi connectivity index (χ0n) is 14.2. The summed E-state index contributed by atoms with van der Waals surface area (Å²) in [6, 6.07) is 9.29. The number of hydrogen-bond acceptors (Lipinski definition) is 6. The number of anilines is 1. The monoisotopic (exact) mass is 368 g/mol. The lowest BCUT2D eigenvalue weighted by atomic mass is 10.2. The number of amides is 1. The summed E-state index contributed by atoms with van der Waals surface area (Å²) in [6.07, 6.45) is 1.60. The van der Waals surface area contributed by atoms with E-state index in [0.717, 1.165) is 5.39 Å². The zero-order chi connectivity index (χ0) is 18.1. The highest BCUT2D eigenvalue weighted by atomic mass is 32.1. The highest BCUT2D eigenvalue weighted by molar-refractivity contribution is 7.14. The van der Waals surface area contributed by atoms with Crippen LogP contribution in [0.4, 0.5) is 5.13 Å². The fourth-order valence-corrected chi connectivity index (χ4v) is 3.40. The third-order valence-electron chi connectivity index (χ3n) is 3.95. The van der Waals surface area contributed by atoms with Crippen molar-refractivity contribution in [3.05, 3.63) is 47.6 Å². The number of para-hydroxylation sites is 1. The molecule has 0 atom stereocenters. The van der Waals surface area contributed by atoms with Gasteiger partial charge in [-0.1, -0.05) is 12.1 Å². The molecule has 0 aliphatic heterocycles. The fourth-order valence-electron chi connectivity index (χ4n) is 2.71. The second kappa shape index (κ2) is 6.64. The zero-order valence-corrected chi connectivity index (χ0v) is 15.0. The summed E-state index contributed by atoms with van der Waals surface area (Å²) in [5, 5.41) is 10.2. The van der Waals surface area contributed by atoms with Gasteiger partial charge in [-0.3, -0.25) is 14.8 Å². The van der Waals surface area contributed by atoms with Gasteiger partial charge in [-0.15, -0.1) is 11.3 Å². The lowest BCUT2D eigenvalue weighted by molar-refractivity contribution is 0.101. The van der Waals surface area contributed by atoms with E-state index in [9.17, 15) is 4.79 Å². The number of nitrogens with zero attached hydrogens (tertiary/aromatic N) is 3. The molecule has 132 valence electrons. The Labute approximate surface area is 153 Å². The van der Waals surface area contributed by atoms with Crippen LogP contribution in [0.25, 0.3) is 22.4 Å². The Morgan fingerprint density at radius 1 is 1.38 bits per heavy atom. The highest BCUT2D eigenvalue weighted by Crippen LogP contribution is 2.34. The third kappa shape index (κ3) is 2.84. The van der Waals surface area contributed by atoms with Gasteiger partial charge in [0.05, 0.1) is 7.11 Å². The molecule has 1 aromatic carbocycles. The molecular formula is C18H16N4O3S. The number of hydrogen-bond donors (Lipinski definition) is 1. The summed E-state index contributed by atoms with van der Waals surface area (Å²) in [5.41, 5.74) is 1.83. The maximum absolute atomic E-state index is 12.4. The van der Waals surface area contributed by atoms with Gasteiger partial charge in [0.1, 0.15) is 11.4 Å². The van der Waals surface area contributed by atoms with Gasteiger partial charge in [0.2, 0.25) is 0 Å². The number of benzene rings is 1. The molecule has 0 aliphatic carbocycles. The van der Waals surface area contributed by atoms with Crippen molar-refractivity contribution in [2.24, 2.45) is 0 Å². The first-order chi connectivity index (χ1) is 12.7. The van der Waals surface area contributed by atoms with Crippen LogP contribution in [0.2, 0.25) is 0 Å². The topological polar surface area (TPSA) is 82.2 Å². The number of ether oxygens (including phenoxy) is 1. The van der Waals surface area contributed by atoms with Crippen LogP contribution in [0.3, 0.4) is 0 Å². The van der Waals surface area contributed by atoms with E-state index in [1.807, 2.05) is 36.6 Å². The van der Waals surface area contributed by atoms with Crippen LogP contribution in [0.15, 0.2) is 46.3 Å². The molecule has 1 amide bonds. The Morgan fingerprint density at radius 3 is 3.08 bits per heavy atom. The van der Waals surface area contributed by atoms with Crippen LogP contribution < -0.4 is 10.1 Å². The van der Waals surface area contributed by atoms with Crippen molar-refractivity contribution in [3.63, 3.8) is 0 Å². The molecule has 0 aliphatic rings. The van der Waals surface area contributed by atoms with Crippen LogP contribution in [0.1, 0.15) is 17.4 Å². The Balaban J connectivity index is 1.59. The molecule has 0 unspecified atom stereocenters. The second-order valence-corrected chi connectivity index (χ2v) is 6.37. The summed E-state index contributed by atoms with van der Waals surface area (Å²) in [5.74, 6) is 1.06. The first kappa shape index (κ1) is 16.3.